The second kappa shape index (κ2) is 8.85. The molecular weight excluding hydrogens is 366 g/mol. The van der Waals surface area contributed by atoms with Crippen LogP contribution in [0.15, 0.2) is 22.7 Å². The molecule has 0 aromatic heterocycles. The number of benzene rings is 1. The van der Waals surface area contributed by atoms with Crippen molar-refractivity contribution in [1.29, 1.82) is 0 Å². The lowest BCUT2D eigenvalue weighted by molar-refractivity contribution is -0.125. The molecule has 2 rings (SSSR count). The smallest absolute Gasteiger partial charge is 0.265 e. The van der Waals surface area contributed by atoms with E-state index in [2.05, 4.69) is 26.6 Å². The Bertz CT molecular complexity index is 568. The summed E-state index contributed by atoms with van der Waals surface area (Å²) in [6, 6.07) is 5.36. The second-order valence-electron chi connectivity index (χ2n) is 4.97. The minimum Gasteiger partial charge on any atom is -0.482 e. The molecule has 1 aliphatic heterocycles. The molecular formula is C15H20BrN3O4. The highest BCUT2D eigenvalue weighted by Crippen LogP contribution is 2.34. The fourth-order valence-electron chi connectivity index (χ4n) is 2.14. The van der Waals surface area contributed by atoms with E-state index in [0.717, 1.165) is 11.0 Å². The van der Waals surface area contributed by atoms with Gasteiger partial charge in [-0.3, -0.25) is 14.5 Å². The summed E-state index contributed by atoms with van der Waals surface area (Å²) in [6.07, 6.45) is 0. The minimum absolute atomic E-state index is 0.0190. The number of carbonyl (C=O) groups excluding carboxylic acids is 2. The Morgan fingerprint density at radius 1 is 1.39 bits per heavy atom. The van der Waals surface area contributed by atoms with Crippen molar-refractivity contribution in [2.45, 2.75) is 0 Å². The van der Waals surface area contributed by atoms with E-state index < -0.39 is 0 Å². The number of carbonyl (C=O) groups is 2. The maximum absolute atomic E-state index is 12.0. The molecule has 2 N–H and O–H groups in total. The third-order valence-electron chi connectivity index (χ3n) is 3.27. The van der Waals surface area contributed by atoms with Gasteiger partial charge in [0.2, 0.25) is 5.91 Å². The number of nitrogens with zero attached hydrogens (tertiary/aromatic N) is 1. The first-order chi connectivity index (χ1) is 11.1. The molecule has 0 fully saturated rings. The van der Waals surface area contributed by atoms with Crippen LogP contribution in [0, 0.1) is 0 Å². The number of halogens is 1. The highest BCUT2D eigenvalue weighted by atomic mass is 79.9. The summed E-state index contributed by atoms with van der Waals surface area (Å²) in [5.74, 6) is 0.156. The summed E-state index contributed by atoms with van der Waals surface area (Å²) in [4.78, 5) is 25.5. The molecule has 0 unspecified atom stereocenters. The Kier molecular flexibility index (Phi) is 6.82. The molecule has 1 aromatic rings. The number of anilines is 1. The van der Waals surface area contributed by atoms with E-state index in [1.54, 1.807) is 19.2 Å². The molecule has 2 amide bonds. The fourth-order valence-corrected chi connectivity index (χ4v) is 2.48. The summed E-state index contributed by atoms with van der Waals surface area (Å²) in [6.45, 7) is 2.42. The second-order valence-corrected chi connectivity index (χ2v) is 5.89. The van der Waals surface area contributed by atoms with Gasteiger partial charge in [-0.25, -0.2) is 0 Å². The van der Waals surface area contributed by atoms with Crippen molar-refractivity contribution in [2.75, 3.05) is 51.4 Å². The monoisotopic (exact) mass is 385 g/mol. The van der Waals surface area contributed by atoms with Crippen LogP contribution in [0.4, 0.5) is 5.69 Å². The number of hydrogen-bond donors (Lipinski definition) is 2. The number of fused-ring (bicyclic) bond motifs is 1. The predicted octanol–water partition coefficient (Wildman–Crippen LogP) is 0.527. The van der Waals surface area contributed by atoms with Crippen LogP contribution in [-0.4, -0.2) is 58.3 Å². The lowest BCUT2D eigenvalue weighted by Gasteiger charge is -2.29. The van der Waals surface area contributed by atoms with Crippen LogP contribution >= 0.6 is 15.9 Å². The predicted molar refractivity (Wildman–Crippen MR) is 89.7 cm³/mol. The Labute approximate surface area is 143 Å². The molecule has 1 aliphatic rings. The van der Waals surface area contributed by atoms with E-state index in [4.69, 9.17) is 9.47 Å². The van der Waals surface area contributed by atoms with Gasteiger partial charge in [0, 0.05) is 31.2 Å². The SMILES string of the molecule is COCCNCCNC(=O)CN1C(=O)COc2cc(Br)ccc21. The van der Waals surface area contributed by atoms with Gasteiger partial charge in [0.25, 0.3) is 5.91 Å². The Hall–Kier alpha value is -1.64. The van der Waals surface area contributed by atoms with Crippen LogP contribution in [0.2, 0.25) is 0 Å². The molecule has 8 heteroatoms. The van der Waals surface area contributed by atoms with Gasteiger partial charge in [0.05, 0.1) is 12.3 Å². The normalized spacial score (nSPS) is 13.5. The molecule has 0 saturated heterocycles. The first kappa shape index (κ1) is 17.7. The lowest BCUT2D eigenvalue weighted by atomic mass is 10.2. The van der Waals surface area contributed by atoms with Crippen molar-refractivity contribution < 1.29 is 19.1 Å². The van der Waals surface area contributed by atoms with Crippen molar-refractivity contribution in [1.82, 2.24) is 10.6 Å². The van der Waals surface area contributed by atoms with Gasteiger partial charge in [-0.1, -0.05) is 15.9 Å². The molecule has 23 heavy (non-hydrogen) atoms. The van der Waals surface area contributed by atoms with Crippen molar-refractivity contribution in [3.63, 3.8) is 0 Å². The summed E-state index contributed by atoms with van der Waals surface area (Å²) in [5, 5.41) is 5.91. The number of methoxy groups -OCH3 is 1. The minimum atomic E-state index is -0.229. The highest BCUT2D eigenvalue weighted by molar-refractivity contribution is 9.10. The molecule has 126 valence electrons. The number of amides is 2. The lowest BCUT2D eigenvalue weighted by Crippen LogP contribution is -2.46. The molecule has 0 spiro atoms. The number of rotatable bonds is 8. The van der Waals surface area contributed by atoms with E-state index in [9.17, 15) is 9.59 Å². The quantitative estimate of drug-likeness (QED) is 0.638. The summed E-state index contributed by atoms with van der Waals surface area (Å²) >= 11 is 3.36. The van der Waals surface area contributed by atoms with Gasteiger partial charge < -0.3 is 20.1 Å². The van der Waals surface area contributed by atoms with Crippen LogP contribution in [0.25, 0.3) is 0 Å². The van der Waals surface area contributed by atoms with Crippen molar-refractivity contribution >= 4 is 33.4 Å². The van der Waals surface area contributed by atoms with Crippen LogP contribution in [-0.2, 0) is 14.3 Å². The number of ether oxygens (including phenoxy) is 2. The first-order valence-electron chi connectivity index (χ1n) is 7.31. The first-order valence-corrected chi connectivity index (χ1v) is 8.10. The van der Waals surface area contributed by atoms with E-state index in [0.29, 0.717) is 31.1 Å². The van der Waals surface area contributed by atoms with E-state index in [1.807, 2.05) is 6.07 Å². The summed E-state index contributed by atoms with van der Waals surface area (Å²) < 4.78 is 11.2. The maximum Gasteiger partial charge on any atom is 0.265 e. The number of hydrogen-bond acceptors (Lipinski definition) is 5. The summed E-state index contributed by atoms with van der Waals surface area (Å²) in [7, 11) is 1.64. The largest absolute Gasteiger partial charge is 0.482 e. The van der Waals surface area contributed by atoms with Gasteiger partial charge in [-0.15, -0.1) is 0 Å². The highest BCUT2D eigenvalue weighted by Gasteiger charge is 2.27. The summed E-state index contributed by atoms with van der Waals surface area (Å²) in [5.41, 5.74) is 0.609. The van der Waals surface area contributed by atoms with Gasteiger partial charge in [-0.05, 0) is 18.2 Å². The molecule has 0 saturated carbocycles. The number of nitrogens with one attached hydrogen (secondary N) is 2. The Morgan fingerprint density at radius 2 is 2.22 bits per heavy atom. The van der Waals surface area contributed by atoms with Crippen molar-refractivity contribution in [3.8, 4) is 5.75 Å². The van der Waals surface area contributed by atoms with Gasteiger partial charge in [0.15, 0.2) is 6.61 Å². The molecule has 0 aliphatic carbocycles. The van der Waals surface area contributed by atoms with Crippen molar-refractivity contribution in [3.05, 3.63) is 22.7 Å². The van der Waals surface area contributed by atoms with Crippen LogP contribution in [0.3, 0.4) is 0 Å². The maximum atomic E-state index is 12.0. The molecule has 1 heterocycles. The fraction of sp³-hybridized carbons (Fsp3) is 0.467. The third-order valence-corrected chi connectivity index (χ3v) is 3.77. The zero-order chi connectivity index (χ0) is 16.7. The molecule has 7 nitrogen and oxygen atoms in total. The van der Waals surface area contributed by atoms with Crippen LogP contribution in [0.5, 0.6) is 5.75 Å². The average Bonchev–Trinajstić information content (AvgIpc) is 2.53. The van der Waals surface area contributed by atoms with E-state index >= 15 is 0 Å². The van der Waals surface area contributed by atoms with Crippen LogP contribution < -0.4 is 20.3 Å². The molecule has 0 radical (unpaired) electrons. The topological polar surface area (TPSA) is 79.9 Å². The van der Waals surface area contributed by atoms with Gasteiger partial charge in [-0.2, -0.15) is 0 Å². The third kappa shape index (κ3) is 5.19. The zero-order valence-corrected chi connectivity index (χ0v) is 14.5. The Balaban J connectivity index is 1.85. The van der Waals surface area contributed by atoms with Crippen molar-refractivity contribution in [2.24, 2.45) is 0 Å². The van der Waals surface area contributed by atoms with Gasteiger partial charge >= 0.3 is 0 Å². The molecule has 0 bridgehead atoms. The Morgan fingerprint density at radius 3 is 3.00 bits per heavy atom. The van der Waals surface area contributed by atoms with Gasteiger partial charge in [0.1, 0.15) is 12.3 Å². The molecule has 0 atom stereocenters. The zero-order valence-electron chi connectivity index (χ0n) is 12.9. The molecule has 1 aromatic carbocycles. The van der Waals surface area contributed by atoms with E-state index in [1.165, 1.54) is 4.90 Å². The van der Waals surface area contributed by atoms with Crippen LogP contribution in [0.1, 0.15) is 0 Å². The van der Waals surface area contributed by atoms with E-state index in [-0.39, 0.29) is 25.0 Å². The standard InChI is InChI=1S/C15H20BrN3O4/c1-22-7-6-17-4-5-18-14(20)9-19-12-3-2-11(16)8-13(12)23-10-15(19)21/h2-3,8,17H,4-7,9-10H2,1H3,(H,18,20). The average molecular weight is 386 g/mol.